The highest BCUT2D eigenvalue weighted by molar-refractivity contribution is 6.39. The monoisotopic (exact) mass is 558 g/mol. The summed E-state index contributed by atoms with van der Waals surface area (Å²) in [7, 11) is 0. The largest absolute Gasteiger partial charge is 0.507 e. The quantitative estimate of drug-likeness (QED) is 0.236. The number of aromatic hydroxyl groups is 1. The molecule has 0 radical (unpaired) electrons. The molecule has 0 spiro atoms. The molecule has 8 nitrogen and oxygen atoms in total. The number of benzene rings is 3. The van der Waals surface area contributed by atoms with Gasteiger partial charge in [-0.3, -0.25) is 9.59 Å². The Morgan fingerprint density at radius 2 is 1.66 bits per heavy atom. The van der Waals surface area contributed by atoms with E-state index in [9.17, 15) is 19.5 Å². The molecule has 3 rings (SSSR count). The van der Waals surface area contributed by atoms with Gasteiger partial charge in [0.05, 0.1) is 22.2 Å². The minimum atomic E-state index is -1.04. The second-order valence-corrected chi connectivity index (χ2v) is 9.60. The minimum Gasteiger partial charge on any atom is -0.507 e. The van der Waals surface area contributed by atoms with Crippen molar-refractivity contribution in [3.63, 3.8) is 0 Å². The van der Waals surface area contributed by atoms with Gasteiger partial charge in [-0.25, -0.2) is 4.79 Å². The number of phenolic OH excluding ortho intramolecular Hbond substituents is 1. The predicted molar refractivity (Wildman–Crippen MR) is 146 cm³/mol. The Labute approximate surface area is 231 Å². The van der Waals surface area contributed by atoms with Crippen molar-refractivity contribution >= 4 is 46.7 Å². The molecule has 0 fully saturated rings. The number of nitrogens with one attached hydrogen (secondary N) is 1. The van der Waals surface area contributed by atoms with E-state index >= 15 is 0 Å². The SMILES string of the molecule is CCOC(=O)C(=O)Nc1cc(Cl)c(Oc2ccc(O)c(C(=O)N(Cc3ccccc3)CC(C)C)c2)c(Cl)c1. The Bertz CT molecular complexity index is 1290. The molecule has 0 saturated carbocycles. The highest BCUT2D eigenvalue weighted by atomic mass is 35.5. The van der Waals surface area contributed by atoms with Crippen LogP contribution in [0.5, 0.6) is 17.2 Å². The van der Waals surface area contributed by atoms with E-state index in [0.717, 1.165) is 5.56 Å². The molecule has 0 atom stereocenters. The fourth-order valence-corrected chi connectivity index (χ4v) is 4.17. The summed E-state index contributed by atoms with van der Waals surface area (Å²) in [5.74, 6) is -2.10. The first kappa shape index (κ1) is 28.8. The summed E-state index contributed by atoms with van der Waals surface area (Å²) in [6.45, 7) is 6.51. The number of anilines is 1. The van der Waals surface area contributed by atoms with Gasteiger partial charge in [0.2, 0.25) is 0 Å². The van der Waals surface area contributed by atoms with Crippen molar-refractivity contribution in [1.29, 1.82) is 0 Å². The summed E-state index contributed by atoms with van der Waals surface area (Å²) in [6, 6.07) is 16.5. The lowest BCUT2D eigenvalue weighted by atomic mass is 10.1. The van der Waals surface area contributed by atoms with E-state index in [1.54, 1.807) is 11.8 Å². The van der Waals surface area contributed by atoms with Gasteiger partial charge in [0.1, 0.15) is 11.5 Å². The number of hydrogen-bond acceptors (Lipinski definition) is 6. The van der Waals surface area contributed by atoms with Crippen LogP contribution in [0.3, 0.4) is 0 Å². The van der Waals surface area contributed by atoms with Crippen molar-refractivity contribution in [2.45, 2.75) is 27.3 Å². The summed E-state index contributed by atoms with van der Waals surface area (Å²) >= 11 is 12.7. The maximum atomic E-state index is 13.5. The Morgan fingerprint density at radius 3 is 2.26 bits per heavy atom. The number of rotatable bonds is 9. The fraction of sp³-hybridized carbons (Fsp3) is 0.250. The molecule has 10 heteroatoms. The molecular weight excluding hydrogens is 531 g/mol. The number of ether oxygens (including phenoxy) is 2. The molecule has 38 heavy (non-hydrogen) atoms. The number of halogens is 2. The van der Waals surface area contributed by atoms with Crippen molar-refractivity contribution in [3.8, 4) is 17.2 Å². The molecule has 0 aliphatic rings. The number of hydrogen-bond donors (Lipinski definition) is 2. The van der Waals surface area contributed by atoms with E-state index in [0.29, 0.717) is 13.1 Å². The van der Waals surface area contributed by atoms with Gasteiger partial charge in [-0.2, -0.15) is 0 Å². The first-order valence-corrected chi connectivity index (χ1v) is 12.7. The molecule has 2 amide bonds. The summed E-state index contributed by atoms with van der Waals surface area (Å²) in [5.41, 5.74) is 1.18. The van der Waals surface area contributed by atoms with Crippen LogP contribution in [-0.2, 0) is 20.9 Å². The molecule has 2 N–H and O–H groups in total. The molecule has 3 aromatic carbocycles. The Kier molecular flexibility index (Phi) is 9.98. The summed E-state index contributed by atoms with van der Waals surface area (Å²) < 4.78 is 10.5. The highest BCUT2D eigenvalue weighted by Gasteiger charge is 2.22. The van der Waals surface area contributed by atoms with Crippen LogP contribution < -0.4 is 10.1 Å². The molecule has 0 aromatic heterocycles. The van der Waals surface area contributed by atoms with Gasteiger partial charge in [0, 0.05) is 18.8 Å². The van der Waals surface area contributed by atoms with Crippen molar-refractivity contribution in [3.05, 3.63) is 81.8 Å². The Hall–Kier alpha value is -3.75. The number of phenols is 1. The van der Waals surface area contributed by atoms with Crippen LogP contribution in [0.2, 0.25) is 10.0 Å². The second-order valence-electron chi connectivity index (χ2n) is 8.79. The normalized spacial score (nSPS) is 10.7. The lowest BCUT2D eigenvalue weighted by Crippen LogP contribution is -2.33. The molecule has 0 heterocycles. The number of nitrogens with zero attached hydrogens (tertiary/aromatic N) is 1. The van der Waals surface area contributed by atoms with E-state index in [1.165, 1.54) is 30.3 Å². The maximum absolute atomic E-state index is 13.5. The van der Waals surface area contributed by atoms with Gasteiger partial charge in [0.25, 0.3) is 5.91 Å². The molecular formula is C28H28Cl2N2O6. The van der Waals surface area contributed by atoms with Crippen LogP contribution in [0.1, 0.15) is 36.7 Å². The summed E-state index contributed by atoms with van der Waals surface area (Å²) in [6.07, 6.45) is 0. The third-order valence-electron chi connectivity index (χ3n) is 5.22. The van der Waals surface area contributed by atoms with E-state index in [4.69, 9.17) is 27.9 Å². The molecule has 0 aliphatic carbocycles. The standard InChI is InChI=1S/C28H28Cl2N2O6/c1-4-37-28(36)26(34)31-19-12-22(29)25(23(30)13-19)38-20-10-11-24(33)21(14-20)27(35)32(15-17(2)3)16-18-8-6-5-7-9-18/h5-14,17,33H,4,15-16H2,1-3H3,(H,31,34). The molecule has 3 aromatic rings. The molecule has 0 bridgehead atoms. The van der Waals surface area contributed by atoms with Crippen LogP contribution in [0.25, 0.3) is 0 Å². The van der Waals surface area contributed by atoms with Gasteiger partial charge < -0.3 is 24.8 Å². The number of carbonyl (C=O) groups excluding carboxylic acids is 3. The fourth-order valence-electron chi connectivity index (χ4n) is 3.61. The van der Waals surface area contributed by atoms with E-state index in [-0.39, 0.29) is 57.0 Å². The molecule has 0 aliphatic heterocycles. The topological polar surface area (TPSA) is 105 Å². The van der Waals surface area contributed by atoms with Crippen molar-refractivity contribution in [2.24, 2.45) is 5.92 Å². The lowest BCUT2D eigenvalue weighted by Gasteiger charge is -2.25. The molecule has 200 valence electrons. The summed E-state index contributed by atoms with van der Waals surface area (Å²) in [4.78, 5) is 38.6. The number of esters is 1. The van der Waals surface area contributed by atoms with Gasteiger partial charge in [0.15, 0.2) is 5.75 Å². The van der Waals surface area contributed by atoms with Crippen molar-refractivity contribution in [2.75, 3.05) is 18.5 Å². The van der Waals surface area contributed by atoms with E-state index in [1.807, 2.05) is 44.2 Å². The van der Waals surface area contributed by atoms with Crippen LogP contribution in [0.4, 0.5) is 5.69 Å². The second kappa shape index (κ2) is 13.2. The minimum absolute atomic E-state index is 0.0446. The Balaban J connectivity index is 1.84. The van der Waals surface area contributed by atoms with Crippen LogP contribution >= 0.6 is 23.2 Å². The lowest BCUT2D eigenvalue weighted by molar-refractivity contribution is -0.152. The molecule has 0 unspecified atom stereocenters. The predicted octanol–water partition coefficient (Wildman–Crippen LogP) is 6.29. The van der Waals surface area contributed by atoms with Crippen LogP contribution in [-0.4, -0.2) is 40.9 Å². The van der Waals surface area contributed by atoms with E-state index in [2.05, 4.69) is 10.1 Å². The number of carbonyl (C=O) groups is 3. The number of amides is 2. The summed E-state index contributed by atoms with van der Waals surface area (Å²) in [5, 5.41) is 12.9. The average Bonchev–Trinajstić information content (AvgIpc) is 2.87. The zero-order valence-electron chi connectivity index (χ0n) is 21.2. The van der Waals surface area contributed by atoms with Crippen LogP contribution in [0.15, 0.2) is 60.7 Å². The third kappa shape index (κ3) is 7.63. The van der Waals surface area contributed by atoms with Gasteiger partial charge >= 0.3 is 11.9 Å². The average molecular weight is 559 g/mol. The highest BCUT2D eigenvalue weighted by Crippen LogP contribution is 2.39. The van der Waals surface area contributed by atoms with Gasteiger partial charge in [-0.05, 0) is 48.7 Å². The molecule has 0 saturated heterocycles. The zero-order valence-corrected chi connectivity index (χ0v) is 22.7. The maximum Gasteiger partial charge on any atom is 0.397 e. The van der Waals surface area contributed by atoms with Crippen molar-refractivity contribution in [1.82, 2.24) is 4.90 Å². The van der Waals surface area contributed by atoms with Crippen molar-refractivity contribution < 1.29 is 29.0 Å². The van der Waals surface area contributed by atoms with Crippen LogP contribution in [0, 0.1) is 5.92 Å². The van der Waals surface area contributed by atoms with Gasteiger partial charge in [-0.1, -0.05) is 67.4 Å². The third-order valence-corrected chi connectivity index (χ3v) is 5.79. The first-order valence-electron chi connectivity index (χ1n) is 11.9. The van der Waals surface area contributed by atoms with Gasteiger partial charge in [-0.15, -0.1) is 0 Å². The Morgan fingerprint density at radius 1 is 1.00 bits per heavy atom. The smallest absolute Gasteiger partial charge is 0.397 e. The first-order chi connectivity index (χ1) is 18.1. The zero-order chi connectivity index (χ0) is 27.8. The van der Waals surface area contributed by atoms with E-state index < -0.39 is 11.9 Å².